The van der Waals surface area contributed by atoms with E-state index in [1.807, 2.05) is 36.4 Å². The molecule has 0 unspecified atom stereocenters. The number of hydrogen-bond donors (Lipinski definition) is 0. The monoisotopic (exact) mass is 417 g/mol. The third-order valence-corrected chi connectivity index (χ3v) is 5.46. The second-order valence-corrected chi connectivity index (χ2v) is 7.29. The zero-order chi connectivity index (χ0) is 22.0. The first-order chi connectivity index (χ1) is 15.1. The molecule has 6 heteroatoms. The van der Waals surface area contributed by atoms with Gasteiger partial charge in [-0.3, -0.25) is 14.4 Å². The number of Topliss-reactive ketones (excluding diaryl/α,β-unsaturated/α-hetero) is 1. The molecule has 0 radical (unpaired) electrons. The van der Waals surface area contributed by atoms with Crippen molar-refractivity contribution in [1.29, 1.82) is 0 Å². The minimum absolute atomic E-state index is 0.0601. The van der Waals surface area contributed by atoms with E-state index >= 15 is 0 Å². The molecule has 1 aliphatic carbocycles. The van der Waals surface area contributed by atoms with Crippen molar-refractivity contribution in [3.05, 3.63) is 65.2 Å². The van der Waals surface area contributed by atoms with Crippen molar-refractivity contribution >= 4 is 28.6 Å². The molecule has 1 aliphatic rings. The van der Waals surface area contributed by atoms with Crippen molar-refractivity contribution in [3.63, 3.8) is 0 Å². The number of ketones is 1. The van der Waals surface area contributed by atoms with Gasteiger partial charge in [-0.2, -0.15) is 0 Å². The Morgan fingerprint density at radius 3 is 2.26 bits per heavy atom. The average molecular weight is 417 g/mol. The zero-order valence-electron chi connectivity index (χ0n) is 17.5. The number of hydrogen-bond acceptors (Lipinski definition) is 6. The van der Waals surface area contributed by atoms with E-state index in [0.717, 1.165) is 28.8 Å². The number of fused-ring (bicyclic) bond motifs is 4. The lowest BCUT2D eigenvalue weighted by Crippen LogP contribution is -2.36. The number of pyridine rings is 1. The summed E-state index contributed by atoms with van der Waals surface area (Å²) in [6.45, 7) is 3.38. The first-order valence-electron chi connectivity index (χ1n) is 10.4. The fourth-order valence-corrected chi connectivity index (χ4v) is 4.13. The quantitative estimate of drug-likeness (QED) is 0.343. The lowest BCUT2D eigenvalue weighted by molar-refractivity contribution is -0.158. The largest absolute Gasteiger partial charge is 0.465 e. The molecule has 6 nitrogen and oxygen atoms in total. The summed E-state index contributed by atoms with van der Waals surface area (Å²) < 4.78 is 10.1. The first kappa shape index (κ1) is 20.7. The average Bonchev–Trinajstić information content (AvgIpc) is 2.77. The molecular weight excluding hydrogens is 394 g/mol. The van der Waals surface area contributed by atoms with E-state index in [1.165, 1.54) is 0 Å². The van der Waals surface area contributed by atoms with Crippen molar-refractivity contribution in [1.82, 2.24) is 4.98 Å². The molecule has 0 atom stereocenters. The second-order valence-electron chi connectivity index (χ2n) is 7.29. The highest BCUT2D eigenvalue weighted by molar-refractivity contribution is 6.25. The van der Waals surface area contributed by atoms with E-state index in [0.29, 0.717) is 22.9 Å². The standard InChI is InChI=1S/C25H23NO5/c1-3-30-24(28)21(25(29)31-4-2)23(27)20-17-11-7-8-12-19(17)26-22-16-10-6-5-9-15(16)13-14-18(20)22/h5-12,21H,3-4,13-14H2,1-2H3. The highest BCUT2D eigenvalue weighted by Crippen LogP contribution is 2.38. The van der Waals surface area contributed by atoms with Crippen LogP contribution in [0.4, 0.5) is 0 Å². The Hall–Kier alpha value is -3.54. The highest BCUT2D eigenvalue weighted by atomic mass is 16.6. The van der Waals surface area contributed by atoms with Crippen LogP contribution in [0, 0.1) is 5.92 Å². The number of para-hydroxylation sites is 1. The smallest absolute Gasteiger partial charge is 0.328 e. The summed E-state index contributed by atoms with van der Waals surface area (Å²) in [5.74, 6) is -4.05. The number of esters is 2. The van der Waals surface area contributed by atoms with Gasteiger partial charge in [-0.25, -0.2) is 4.98 Å². The Balaban J connectivity index is 1.95. The van der Waals surface area contributed by atoms with Crippen LogP contribution in [0.25, 0.3) is 22.2 Å². The van der Waals surface area contributed by atoms with E-state index in [1.54, 1.807) is 19.9 Å². The van der Waals surface area contributed by atoms with Crippen LogP contribution in [-0.2, 0) is 31.9 Å². The highest BCUT2D eigenvalue weighted by Gasteiger charge is 2.40. The van der Waals surface area contributed by atoms with Gasteiger partial charge < -0.3 is 9.47 Å². The van der Waals surface area contributed by atoms with Crippen LogP contribution in [0.2, 0.25) is 0 Å². The van der Waals surface area contributed by atoms with Gasteiger partial charge in [-0.15, -0.1) is 0 Å². The van der Waals surface area contributed by atoms with Gasteiger partial charge in [-0.1, -0.05) is 42.5 Å². The van der Waals surface area contributed by atoms with Crippen LogP contribution in [0.3, 0.4) is 0 Å². The summed E-state index contributed by atoms with van der Waals surface area (Å²) in [5, 5.41) is 0.615. The van der Waals surface area contributed by atoms with Gasteiger partial charge in [0.2, 0.25) is 5.92 Å². The summed E-state index contributed by atoms with van der Waals surface area (Å²) in [5.41, 5.74) is 4.57. The lowest BCUT2D eigenvalue weighted by atomic mass is 9.82. The Morgan fingerprint density at radius 1 is 0.903 bits per heavy atom. The number of ether oxygens (including phenoxy) is 2. The number of benzene rings is 2. The van der Waals surface area contributed by atoms with Crippen LogP contribution in [0.5, 0.6) is 0 Å². The van der Waals surface area contributed by atoms with E-state index in [4.69, 9.17) is 14.5 Å². The molecule has 0 amide bonds. The van der Waals surface area contributed by atoms with Gasteiger partial charge in [0.15, 0.2) is 5.78 Å². The maximum atomic E-state index is 13.7. The molecule has 0 spiro atoms. The predicted molar refractivity (Wildman–Crippen MR) is 116 cm³/mol. The number of rotatable bonds is 6. The van der Waals surface area contributed by atoms with Gasteiger partial charge in [-0.05, 0) is 43.9 Å². The minimum atomic E-state index is -1.66. The normalized spacial score (nSPS) is 12.2. The Bertz CT molecular complexity index is 1170. The topological polar surface area (TPSA) is 82.6 Å². The SMILES string of the molecule is CCOC(=O)C(C(=O)OCC)C(=O)c1c2c(nc3ccccc13)-c1ccccc1CC2. The van der Waals surface area contributed by atoms with Crippen molar-refractivity contribution in [2.75, 3.05) is 13.2 Å². The van der Waals surface area contributed by atoms with Crippen LogP contribution in [0.15, 0.2) is 48.5 Å². The molecule has 1 heterocycles. The molecule has 0 saturated heterocycles. The number of aryl methyl sites for hydroxylation is 1. The maximum Gasteiger partial charge on any atom is 0.328 e. The van der Waals surface area contributed by atoms with Gasteiger partial charge in [0.25, 0.3) is 0 Å². The fraction of sp³-hybridized carbons (Fsp3) is 0.280. The van der Waals surface area contributed by atoms with Crippen molar-refractivity contribution in [3.8, 4) is 11.3 Å². The molecule has 158 valence electrons. The van der Waals surface area contributed by atoms with Crippen LogP contribution >= 0.6 is 0 Å². The third-order valence-electron chi connectivity index (χ3n) is 5.46. The maximum absolute atomic E-state index is 13.7. The van der Waals surface area contributed by atoms with Gasteiger partial charge in [0, 0.05) is 16.5 Å². The predicted octanol–water partition coefficient (Wildman–Crippen LogP) is 3.93. The number of aromatic nitrogens is 1. The van der Waals surface area contributed by atoms with E-state index in [-0.39, 0.29) is 13.2 Å². The number of carbonyl (C=O) groups excluding carboxylic acids is 3. The molecule has 1 aromatic heterocycles. The van der Waals surface area contributed by atoms with Gasteiger partial charge in [0.1, 0.15) is 0 Å². The molecule has 0 bridgehead atoms. The number of carbonyl (C=O) groups is 3. The Labute approximate surface area is 180 Å². The summed E-state index contributed by atoms with van der Waals surface area (Å²) in [7, 11) is 0. The van der Waals surface area contributed by atoms with Crippen LogP contribution in [-0.4, -0.2) is 35.9 Å². The molecule has 3 aromatic rings. The molecule has 0 saturated carbocycles. The van der Waals surface area contributed by atoms with E-state index in [9.17, 15) is 14.4 Å². The van der Waals surface area contributed by atoms with Crippen molar-refractivity contribution < 1.29 is 23.9 Å². The first-order valence-corrected chi connectivity index (χ1v) is 10.4. The molecule has 0 fully saturated rings. The van der Waals surface area contributed by atoms with Gasteiger partial charge >= 0.3 is 11.9 Å². The van der Waals surface area contributed by atoms with Crippen LogP contribution in [0.1, 0.15) is 35.3 Å². The zero-order valence-corrected chi connectivity index (χ0v) is 17.5. The molecule has 0 N–H and O–H groups in total. The van der Waals surface area contributed by atoms with Crippen molar-refractivity contribution in [2.24, 2.45) is 5.92 Å². The van der Waals surface area contributed by atoms with E-state index in [2.05, 4.69) is 6.07 Å². The lowest BCUT2D eigenvalue weighted by Gasteiger charge is -2.24. The van der Waals surface area contributed by atoms with Crippen LogP contribution < -0.4 is 0 Å². The third kappa shape index (κ3) is 3.69. The molecular formula is C25H23NO5. The summed E-state index contributed by atoms with van der Waals surface area (Å²) in [6.07, 6.45) is 1.33. The summed E-state index contributed by atoms with van der Waals surface area (Å²) >= 11 is 0. The Morgan fingerprint density at radius 2 is 1.55 bits per heavy atom. The number of nitrogens with zero attached hydrogens (tertiary/aromatic N) is 1. The Kier molecular flexibility index (Phi) is 5.80. The van der Waals surface area contributed by atoms with Gasteiger partial charge in [0.05, 0.1) is 24.4 Å². The summed E-state index contributed by atoms with van der Waals surface area (Å²) in [6, 6.07) is 15.2. The minimum Gasteiger partial charge on any atom is -0.465 e. The second kappa shape index (κ2) is 8.68. The molecule has 4 rings (SSSR count). The molecule has 0 aliphatic heterocycles. The van der Waals surface area contributed by atoms with E-state index < -0.39 is 23.6 Å². The summed E-state index contributed by atoms with van der Waals surface area (Å²) in [4.78, 5) is 43.8. The van der Waals surface area contributed by atoms with Crippen molar-refractivity contribution in [2.45, 2.75) is 26.7 Å². The molecule has 2 aromatic carbocycles. The molecule has 31 heavy (non-hydrogen) atoms. The fourth-order valence-electron chi connectivity index (χ4n) is 4.13.